The molecule has 0 unspecified atom stereocenters. The average molecular weight is 218 g/mol. The molecular weight excluding hydrogens is 210 g/mol. The molecule has 0 bridgehead atoms. The number of nitrogens with zero attached hydrogens (tertiary/aromatic N) is 1. The molecule has 1 aromatic rings. The van der Waals surface area contributed by atoms with Gasteiger partial charge in [-0.1, -0.05) is 11.6 Å². The minimum absolute atomic E-state index is 0.166. The topological polar surface area (TPSA) is 68.7 Å². The van der Waals surface area contributed by atoms with Gasteiger partial charge in [-0.15, -0.1) is 0 Å². The van der Waals surface area contributed by atoms with Crippen LogP contribution >= 0.6 is 11.6 Å². The lowest BCUT2D eigenvalue weighted by molar-refractivity contribution is -0.139. The number of methoxy groups -OCH3 is 1. The number of pyridine rings is 1. The fourth-order valence-electron chi connectivity index (χ4n) is 0.801. The van der Waals surface area contributed by atoms with Crippen molar-refractivity contribution in [1.29, 1.82) is 0 Å². The standard InChI is InChI=1S/C8H8ClNO4/c1-13-8-5(14-4-7(11)12)2-3-6(9)10-8/h2-3H,4H2,1H3,(H,11,12). The molecule has 1 N–H and O–H groups in total. The second-order valence-corrected chi connectivity index (χ2v) is 2.71. The molecule has 1 heterocycles. The summed E-state index contributed by atoms with van der Waals surface area (Å²) in [5.41, 5.74) is 0. The van der Waals surface area contributed by atoms with Crippen LogP contribution in [0.15, 0.2) is 12.1 Å². The fourth-order valence-corrected chi connectivity index (χ4v) is 0.940. The van der Waals surface area contributed by atoms with Gasteiger partial charge in [0.25, 0.3) is 5.88 Å². The molecule has 0 atom stereocenters. The Morgan fingerprint density at radius 3 is 2.93 bits per heavy atom. The van der Waals surface area contributed by atoms with Gasteiger partial charge in [0.15, 0.2) is 12.4 Å². The summed E-state index contributed by atoms with van der Waals surface area (Å²) >= 11 is 5.60. The summed E-state index contributed by atoms with van der Waals surface area (Å²) in [6.07, 6.45) is 0. The van der Waals surface area contributed by atoms with Crippen LogP contribution in [0.4, 0.5) is 0 Å². The average Bonchev–Trinajstić information content (AvgIpc) is 2.15. The first kappa shape index (κ1) is 10.6. The highest BCUT2D eigenvalue weighted by Crippen LogP contribution is 2.25. The van der Waals surface area contributed by atoms with Crippen LogP contribution < -0.4 is 9.47 Å². The zero-order chi connectivity index (χ0) is 10.6. The first-order valence-corrected chi connectivity index (χ1v) is 4.06. The number of halogens is 1. The Morgan fingerprint density at radius 2 is 2.36 bits per heavy atom. The number of hydrogen-bond donors (Lipinski definition) is 1. The Kier molecular flexibility index (Phi) is 3.53. The van der Waals surface area contributed by atoms with Crippen LogP contribution in [-0.4, -0.2) is 29.8 Å². The molecule has 6 heteroatoms. The van der Waals surface area contributed by atoms with Crippen molar-refractivity contribution in [3.05, 3.63) is 17.3 Å². The molecule has 0 fully saturated rings. The van der Waals surface area contributed by atoms with E-state index in [0.717, 1.165) is 0 Å². The lowest BCUT2D eigenvalue weighted by Crippen LogP contribution is -2.10. The van der Waals surface area contributed by atoms with Crippen LogP contribution in [0.1, 0.15) is 0 Å². The van der Waals surface area contributed by atoms with Crippen molar-refractivity contribution in [1.82, 2.24) is 4.98 Å². The Bertz CT molecular complexity index is 342. The number of rotatable bonds is 4. The van der Waals surface area contributed by atoms with Crippen molar-refractivity contribution in [3.63, 3.8) is 0 Å². The van der Waals surface area contributed by atoms with E-state index in [4.69, 9.17) is 26.2 Å². The van der Waals surface area contributed by atoms with Crippen molar-refractivity contribution in [2.24, 2.45) is 0 Å². The van der Waals surface area contributed by atoms with Crippen LogP contribution in [0, 0.1) is 0 Å². The highest BCUT2D eigenvalue weighted by Gasteiger charge is 2.08. The SMILES string of the molecule is COc1nc(Cl)ccc1OCC(=O)O. The molecule has 0 saturated heterocycles. The summed E-state index contributed by atoms with van der Waals surface area (Å²) in [7, 11) is 1.40. The normalized spacial score (nSPS) is 9.57. The number of hydrogen-bond acceptors (Lipinski definition) is 4. The highest BCUT2D eigenvalue weighted by molar-refractivity contribution is 6.29. The largest absolute Gasteiger partial charge is 0.479 e. The summed E-state index contributed by atoms with van der Waals surface area (Å²) in [4.78, 5) is 14.0. The summed E-state index contributed by atoms with van der Waals surface area (Å²) in [5, 5.41) is 8.63. The van der Waals surface area contributed by atoms with Gasteiger partial charge >= 0.3 is 5.97 Å². The molecule has 76 valence electrons. The smallest absolute Gasteiger partial charge is 0.341 e. The Balaban J connectivity index is 2.80. The van der Waals surface area contributed by atoms with Crippen molar-refractivity contribution < 1.29 is 19.4 Å². The molecule has 0 aliphatic heterocycles. The molecule has 0 amide bonds. The maximum absolute atomic E-state index is 10.2. The predicted molar refractivity (Wildman–Crippen MR) is 48.9 cm³/mol. The molecule has 5 nitrogen and oxygen atoms in total. The lowest BCUT2D eigenvalue weighted by Gasteiger charge is -2.07. The summed E-state index contributed by atoms with van der Waals surface area (Å²) in [6, 6.07) is 2.98. The number of ether oxygens (including phenoxy) is 2. The summed E-state index contributed by atoms with van der Waals surface area (Å²) in [5.74, 6) is -0.653. The number of aromatic nitrogens is 1. The van der Waals surface area contributed by atoms with Crippen LogP contribution in [0.5, 0.6) is 11.6 Å². The summed E-state index contributed by atoms with van der Waals surface area (Å²) < 4.78 is 9.74. The second-order valence-electron chi connectivity index (χ2n) is 2.32. The lowest BCUT2D eigenvalue weighted by atomic mass is 10.4. The molecule has 0 saturated carbocycles. The van der Waals surface area contributed by atoms with Gasteiger partial charge in [0.1, 0.15) is 5.15 Å². The van der Waals surface area contributed by atoms with E-state index in [-0.39, 0.29) is 16.8 Å². The first-order chi connectivity index (χ1) is 6.63. The molecule has 0 spiro atoms. The maximum Gasteiger partial charge on any atom is 0.341 e. The Hall–Kier alpha value is -1.49. The van der Waals surface area contributed by atoms with E-state index in [9.17, 15) is 4.79 Å². The van der Waals surface area contributed by atoms with Gasteiger partial charge in [-0.3, -0.25) is 0 Å². The zero-order valence-corrected chi connectivity index (χ0v) is 8.11. The molecule has 14 heavy (non-hydrogen) atoms. The van der Waals surface area contributed by atoms with Crippen LogP contribution in [0.2, 0.25) is 5.15 Å². The van der Waals surface area contributed by atoms with Gasteiger partial charge < -0.3 is 14.6 Å². The van der Waals surface area contributed by atoms with E-state index >= 15 is 0 Å². The van der Waals surface area contributed by atoms with Gasteiger partial charge in [0, 0.05) is 0 Å². The highest BCUT2D eigenvalue weighted by atomic mass is 35.5. The molecule has 0 aliphatic rings. The Labute approximate surface area is 85.2 Å². The third-order valence-electron chi connectivity index (χ3n) is 1.34. The predicted octanol–water partition coefficient (Wildman–Crippen LogP) is 1.21. The molecule has 0 radical (unpaired) electrons. The Morgan fingerprint density at radius 1 is 1.64 bits per heavy atom. The van der Waals surface area contributed by atoms with E-state index in [1.807, 2.05) is 0 Å². The quantitative estimate of drug-likeness (QED) is 0.768. The van der Waals surface area contributed by atoms with Crippen LogP contribution in [0.25, 0.3) is 0 Å². The van der Waals surface area contributed by atoms with Crippen molar-refractivity contribution >= 4 is 17.6 Å². The van der Waals surface area contributed by atoms with Crippen molar-refractivity contribution in [2.75, 3.05) is 13.7 Å². The first-order valence-electron chi connectivity index (χ1n) is 3.68. The molecule has 1 rings (SSSR count). The molecule has 0 aliphatic carbocycles. The third-order valence-corrected chi connectivity index (χ3v) is 1.55. The van der Waals surface area contributed by atoms with Gasteiger partial charge in [-0.25, -0.2) is 4.79 Å². The maximum atomic E-state index is 10.2. The van der Waals surface area contributed by atoms with Gasteiger partial charge in [-0.05, 0) is 12.1 Å². The molecular formula is C8H8ClNO4. The summed E-state index contributed by atoms with van der Waals surface area (Å²) in [6.45, 7) is -0.445. The zero-order valence-electron chi connectivity index (χ0n) is 7.36. The second kappa shape index (κ2) is 4.66. The third kappa shape index (κ3) is 2.77. The number of carbonyl (C=O) groups is 1. The van der Waals surface area contributed by atoms with E-state index in [2.05, 4.69) is 4.98 Å². The minimum Gasteiger partial charge on any atom is -0.479 e. The number of carboxylic acid groups (broad SMARTS) is 1. The van der Waals surface area contributed by atoms with Crippen molar-refractivity contribution in [2.45, 2.75) is 0 Å². The monoisotopic (exact) mass is 217 g/mol. The molecule has 1 aromatic heterocycles. The minimum atomic E-state index is -1.07. The molecule has 0 aromatic carbocycles. The number of aliphatic carboxylic acids is 1. The van der Waals surface area contributed by atoms with Crippen LogP contribution in [0.3, 0.4) is 0 Å². The van der Waals surface area contributed by atoms with E-state index in [1.165, 1.54) is 19.2 Å². The van der Waals surface area contributed by atoms with E-state index in [0.29, 0.717) is 0 Å². The van der Waals surface area contributed by atoms with Crippen molar-refractivity contribution in [3.8, 4) is 11.6 Å². The fraction of sp³-hybridized carbons (Fsp3) is 0.250. The van der Waals surface area contributed by atoms with Gasteiger partial charge in [-0.2, -0.15) is 4.98 Å². The number of carboxylic acids is 1. The van der Waals surface area contributed by atoms with Gasteiger partial charge in [0.05, 0.1) is 7.11 Å². The van der Waals surface area contributed by atoms with E-state index < -0.39 is 12.6 Å². The van der Waals surface area contributed by atoms with Crippen LogP contribution in [-0.2, 0) is 4.79 Å². The van der Waals surface area contributed by atoms with E-state index in [1.54, 1.807) is 0 Å². The van der Waals surface area contributed by atoms with Gasteiger partial charge in [0.2, 0.25) is 0 Å².